The van der Waals surface area contributed by atoms with Crippen molar-refractivity contribution in [1.29, 1.82) is 0 Å². The van der Waals surface area contributed by atoms with Gasteiger partial charge in [0.1, 0.15) is 29.1 Å². The first-order chi connectivity index (χ1) is 65.9. The molecule has 1 aliphatic rings. The first-order valence-electron chi connectivity index (χ1n) is 45.7. The van der Waals surface area contributed by atoms with Gasteiger partial charge < -0.3 is 4.74 Å². The number of hydrogen-bond acceptors (Lipinski definition) is 1. The van der Waals surface area contributed by atoms with Crippen molar-refractivity contribution in [3.05, 3.63) is 409 Å². The Labute approximate surface area is 785 Å². The highest BCUT2D eigenvalue weighted by atomic mass is 19.2. The van der Waals surface area contributed by atoms with Crippen LogP contribution < -0.4 is 4.74 Å². The molecule has 0 unspecified atom stereocenters. The van der Waals surface area contributed by atoms with Gasteiger partial charge in [0.2, 0.25) is 5.82 Å². The lowest BCUT2D eigenvalue weighted by Crippen LogP contribution is -2.10. The number of hydrogen-bond donors (Lipinski definition) is 0. The maximum atomic E-state index is 15.5. The zero-order valence-corrected chi connectivity index (χ0v) is 76.8. The average Bonchev–Trinajstić information content (AvgIpc) is 0.756. The summed E-state index contributed by atoms with van der Waals surface area (Å²) in [6.45, 7) is 15.8. The number of aryl methyl sites for hydroxylation is 7. The predicted octanol–water partition coefficient (Wildman–Crippen LogP) is 35.6. The highest BCUT2D eigenvalue weighted by Gasteiger charge is 2.31. The van der Waals surface area contributed by atoms with Gasteiger partial charge in [0.05, 0.1) is 17.7 Å². The van der Waals surface area contributed by atoms with E-state index in [0.717, 1.165) is 133 Å². The van der Waals surface area contributed by atoms with E-state index < -0.39 is 121 Å². The molecule has 0 heterocycles. The van der Waals surface area contributed by atoms with Crippen molar-refractivity contribution in [1.82, 2.24) is 0 Å². The largest absolute Gasteiger partial charge is 0.491 e. The molecule has 0 saturated carbocycles. The van der Waals surface area contributed by atoms with Gasteiger partial charge in [0.15, 0.2) is 87.2 Å². The average molecular weight is 1890 g/mol. The number of halogens is 20. The topological polar surface area (TPSA) is 9.23 Å². The molecule has 137 heavy (non-hydrogen) atoms. The molecule has 15 aromatic carbocycles. The lowest BCUT2D eigenvalue weighted by atomic mass is 9.82. The molecular weight excluding hydrogens is 1790 g/mol. The van der Waals surface area contributed by atoms with Gasteiger partial charge in [-0.15, -0.1) is 0 Å². The first-order valence-corrected chi connectivity index (χ1v) is 45.7. The minimum Gasteiger partial charge on any atom is -0.491 e. The van der Waals surface area contributed by atoms with E-state index in [1.807, 2.05) is 80.6 Å². The fourth-order valence-electron chi connectivity index (χ4n) is 16.3. The van der Waals surface area contributed by atoms with Gasteiger partial charge in [0, 0.05) is 38.9 Å². The molecule has 0 aromatic heterocycles. The van der Waals surface area contributed by atoms with Crippen molar-refractivity contribution in [2.75, 3.05) is 6.61 Å². The third-order valence-electron chi connectivity index (χ3n) is 24.1. The van der Waals surface area contributed by atoms with Crippen LogP contribution in [-0.2, 0) is 51.4 Å². The molecule has 21 heteroatoms. The fraction of sp³-hybridized carbons (Fsp3) is 0.224. The zero-order valence-electron chi connectivity index (χ0n) is 76.8. The smallest absolute Gasteiger partial charge is 0.201 e. The van der Waals surface area contributed by atoms with Gasteiger partial charge in [-0.3, -0.25) is 0 Å². The molecule has 0 bridgehead atoms. The third-order valence-corrected chi connectivity index (χ3v) is 24.1. The Kier molecular flexibility index (Phi) is 35.6. The number of fused-ring (bicyclic) bond motifs is 3. The maximum Gasteiger partial charge on any atom is 0.201 e. The summed E-state index contributed by atoms with van der Waals surface area (Å²) >= 11 is 0. The lowest BCUT2D eigenvalue weighted by Gasteiger charge is -2.23. The second-order valence-electron chi connectivity index (χ2n) is 33.4. The van der Waals surface area contributed by atoms with Crippen LogP contribution in [-0.4, -0.2) is 6.61 Å². The summed E-state index contributed by atoms with van der Waals surface area (Å²) in [5.41, 5.74) is 10.9. The molecule has 0 radical (unpaired) electrons. The Bertz CT molecular complexity index is 6710. The van der Waals surface area contributed by atoms with E-state index in [9.17, 15) is 79.0 Å². The Morgan fingerprint density at radius 2 is 0.577 bits per heavy atom. The molecular formula is C116H100F20O. The van der Waals surface area contributed by atoms with Gasteiger partial charge in [-0.2, -0.15) is 4.39 Å². The van der Waals surface area contributed by atoms with Crippen LogP contribution in [0.4, 0.5) is 87.8 Å². The van der Waals surface area contributed by atoms with Crippen LogP contribution in [0, 0.1) is 123 Å². The summed E-state index contributed by atoms with van der Waals surface area (Å²) in [5.74, 6) is -22.3. The minimum absolute atomic E-state index is 0.0124. The van der Waals surface area contributed by atoms with Crippen molar-refractivity contribution in [3.63, 3.8) is 0 Å². The molecule has 0 atom stereocenters. The van der Waals surface area contributed by atoms with Crippen molar-refractivity contribution in [2.45, 2.75) is 165 Å². The number of unbranched alkanes of at least 4 members (excludes halogenated alkanes) is 4. The Morgan fingerprint density at radius 3 is 1.10 bits per heavy atom. The van der Waals surface area contributed by atoms with Gasteiger partial charge >= 0.3 is 0 Å². The van der Waals surface area contributed by atoms with E-state index in [-0.39, 0.29) is 80.6 Å². The molecule has 1 aliphatic carbocycles. The molecule has 0 amide bonds. The number of rotatable bonds is 26. The minimum atomic E-state index is -1.87. The Balaban J connectivity index is 0.000000154. The maximum absolute atomic E-state index is 15.5. The third kappa shape index (κ3) is 24.0. The highest BCUT2D eigenvalue weighted by Crippen LogP contribution is 2.44. The van der Waals surface area contributed by atoms with Crippen LogP contribution >= 0.6 is 0 Å². The van der Waals surface area contributed by atoms with Crippen LogP contribution in [0.1, 0.15) is 156 Å². The molecule has 1 nitrogen and oxygen atoms in total. The monoisotopic (exact) mass is 1890 g/mol. The summed E-state index contributed by atoms with van der Waals surface area (Å²) in [7, 11) is 0. The second-order valence-corrected chi connectivity index (χ2v) is 33.4. The summed E-state index contributed by atoms with van der Waals surface area (Å²) in [6.07, 6.45) is 14.8. The van der Waals surface area contributed by atoms with E-state index >= 15 is 8.78 Å². The van der Waals surface area contributed by atoms with Crippen LogP contribution in [0.2, 0.25) is 0 Å². The Hall–Kier alpha value is -13.3. The summed E-state index contributed by atoms with van der Waals surface area (Å²) in [5, 5.41) is 0. The van der Waals surface area contributed by atoms with E-state index in [4.69, 9.17) is 4.74 Å². The fourth-order valence-corrected chi connectivity index (χ4v) is 16.3. The molecule has 0 fully saturated rings. The van der Waals surface area contributed by atoms with E-state index in [1.165, 1.54) is 104 Å². The molecule has 15 aromatic rings. The summed E-state index contributed by atoms with van der Waals surface area (Å²) < 4.78 is 289. The molecule has 0 N–H and O–H groups in total. The molecule has 0 saturated heterocycles. The first kappa shape index (κ1) is 103. The predicted molar refractivity (Wildman–Crippen MR) is 507 cm³/mol. The van der Waals surface area contributed by atoms with Gasteiger partial charge in [0.25, 0.3) is 0 Å². The second kappa shape index (κ2) is 47.5. The lowest BCUT2D eigenvalue weighted by molar-refractivity contribution is 0.314. The van der Waals surface area contributed by atoms with Gasteiger partial charge in [-0.1, -0.05) is 262 Å². The van der Waals surface area contributed by atoms with Crippen LogP contribution in [0.3, 0.4) is 0 Å². The Morgan fingerprint density at radius 1 is 0.212 bits per heavy atom. The molecule has 16 rings (SSSR count). The van der Waals surface area contributed by atoms with Crippen molar-refractivity contribution in [3.8, 4) is 117 Å². The van der Waals surface area contributed by atoms with E-state index in [0.29, 0.717) is 64.6 Å². The zero-order chi connectivity index (χ0) is 98.6. The quantitative estimate of drug-likeness (QED) is 0.0298. The van der Waals surface area contributed by atoms with Crippen LogP contribution in [0.15, 0.2) is 243 Å². The summed E-state index contributed by atoms with van der Waals surface area (Å²) in [6, 6.07) is 62.1. The molecule has 710 valence electrons. The molecule has 0 spiro atoms. The van der Waals surface area contributed by atoms with Crippen LogP contribution in [0.25, 0.3) is 111 Å². The SMILES string of the molecule is CCCCc1ccc(-c2ccc(-c3ccc(C)c(F)c3F)cc2)c(F)c1F.CCCCc1ccc(-c2ccc(-c3ccc(F)c(F)c3)c(F)c2)c(F)c1.CCCCc1ccc(-c2ccc3c(c2F)CCc2c-3ccc(CCCC)c2F)cc1.CCCc1ccc(-c2c(F)c(F)c(-c3cc(F)c(F)c(F)c3)c(F)c2F)cc1.CCOc1ccc(-c2ccc(-c3ccc(CC)cc3)cc2F)c(F)c1F. The van der Waals surface area contributed by atoms with Gasteiger partial charge in [-0.25, -0.2) is 83.4 Å². The van der Waals surface area contributed by atoms with Crippen molar-refractivity contribution >= 4 is 0 Å². The summed E-state index contributed by atoms with van der Waals surface area (Å²) in [4.78, 5) is 0. The van der Waals surface area contributed by atoms with E-state index in [1.54, 1.807) is 73.7 Å². The number of ether oxygens (including phenoxy) is 1. The number of benzene rings is 15. The van der Waals surface area contributed by atoms with E-state index in [2.05, 4.69) is 39.8 Å². The van der Waals surface area contributed by atoms with Crippen molar-refractivity contribution < 1.29 is 92.5 Å². The van der Waals surface area contributed by atoms with Gasteiger partial charge in [-0.05, 0) is 257 Å². The normalized spacial score (nSPS) is 11.3. The van der Waals surface area contributed by atoms with Crippen molar-refractivity contribution in [2.24, 2.45) is 0 Å². The highest BCUT2D eigenvalue weighted by molar-refractivity contribution is 5.81. The standard InChI is InChI=1S/C28H30F2.C23H20F4.C22H18F4.C22H19F3O.C21H13F7/c1-3-5-7-19-9-11-20(12-10-19)22-15-16-24-23-14-13-21(8-6-4-2)27(29)25(23)17-18-26(24)28(22)30;1-3-4-5-17-11-13-19(23(27)21(17)25)16-9-7-15(8-10-16)18-12-6-14(2)20(24)22(18)26;1-2-3-4-14-5-8-17(20(24)11-14)15-6-9-18(21(25)12-15)16-7-10-19(23)22(26)13-16;1-3-14-5-7-15(8-6-14)16-9-10-17(19(23)13-16)18-11-12-20(26-4-2)22(25)21(18)24;1-2-3-10-4-6-11(7-5-10)15-18(25)20(27)16(21(28)19(15)26)12-8-13(22)17(24)14(23)9-12/h9-16H,3-8,17-18H2,1-2H3;6-13H,3-5H2,1-2H3;5-13H,2-4H2,1H3;5-13H,3-4H2,1-2H3;4-9H,2-3H2,1H3. The molecule has 0 aliphatic heterocycles. The van der Waals surface area contributed by atoms with Crippen LogP contribution in [0.5, 0.6) is 5.75 Å².